The Kier molecular flexibility index (Phi) is 3.22. The molecule has 3 atom stereocenters. The van der Waals surface area contributed by atoms with Crippen molar-refractivity contribution in [3.8, 4) is 17.2 Å². The normalized spacial score (nSPS) is 23.4. The third-order valence-electron chi connectivity index (χ3n) is 4.88. The number of hydrogen-bond donors (Lipinski definition) is 2. The molecule has 5 rings (SSSR count). The van der Waals surface area contributed by atoms with E-state index in [1.165, 1.54) is 0 Å². The number of anilines is 1. The van der Waals surface area contributed by atoms with E-state index in [0.717, 1.165) is 11.1 Å². The highest BCUT2D eigenvalue weighted by atomic mass is 16.5. The molecule has 3 heterocycles. The average molecular weight is 364 g/mol. The van der Waals surface area contributed by atoms with Gasteiger partial charge in [-0.05, 0) is 34.9 Å². The van der Waals surface area contributed by atoms with E-state index >= 15 is 0 Å². The lowest BCUT2D eigenvalue weighted by Gasteiger charge is -2.20. The zero-order chi connectivity index (χ0) is 18.5. The molecule has 3 amide bonds. The standard InChI is InChI=1S/C17H12N6O4/c18-23-22-16(24)13-12-8-5-7(1-2-10(8)27-14(12)13)26-11-3-4-19-15-9(11)6-20-17(25)21-15/h1-5,12-14H,6H2,(H2,19,20,21,25)/t12-,13-,14-/m0/s1. The van der Waals surface area contributed by atoms with Gasteiger partial charge < -0.3 is 14.8 Å². The number of amides is 3. The monoisotopic (exact) mass is 364 g/mol. The van der Waals surface area contributed by atoms with Gasteiger partial charge >= 0.3 is 6.03 Å². The lowest BCUT2D eigenvalue weighted by molar-refractivity contribution is -0.119. The highest BCUT2D eigenvalue weighted by Crippen LogP contribution is 2.59. The molecule has 0 bridgehead atoms. The molecule has 1 saturated carbocycles. The van der Waals surface area contributed by atoms with E-state index in [0.29, 0.717) is 29.6 Å². The summed E-state index contributed by atoms with van der Waals surface area (Å²) < 4.78 is 11.7. The fourth-order valence-electron chi connectivity index (χ4n) is 3.61. The summed E-state index contributed by atoms with van der Waals surface area (Å²) >= 11 is 0. The van der Waals surface area contributed by atoms with Crippen molar-refractivity contribution in [1.82, 2.24) is 10.3 Å². The Morgan fingerprint density at radius 1 is 1.41 bits per heavy atom. The fourth-order valence-corrected chi connectivity index (χ4v) is 3.61. The molecule has 1 fully saturated rings. The smallest absolute Gasteiger partial charge is 0.320 e. The van der Waals surface area contributed by atoms with Crippen molar-refractivity contribution in [1.29, 1.82) is 0 Å². The summed E-state index contributed by atoms with van der Waals surface area (Å²) in [4.78, 5) is 29.9. The first-order chi connectivity index (χ1) is 13.2. The zero-order valence-electron chi connectivity index (χ0n) is 13.7. The minimum Gasteiger partial charge on any atom is -0.489 e. The van der Waals surface area contributed by atoms with E-state index < -0.39 is 11.8 Å². The van der Waals surface area contributed by atoms with Crippen molar-refractivity contribution >= 4 is 17.8 Å². The maximum atomic E-state index is 11.8. The summed E-state index contributed by atoms with van der Waals surface area (Å²) in [6, 6.07) is 6.80. The molecular weight excluding hydrogens is 352 g/mol. The molecule has 0 spiro atoms. The highest BCUT2D eigenvalue weighted by Gasteiger charge is 2.62. The topological polar surface area (TPSA) is 138 Å². The number of carbonyl (C=O) groups excluding carboxylic acids is 2. The van der Waals surface area contributed by atoms with Crippen LogP contribution in [0, 0.1) is 5.92 Å². The van der Waals surface area contributed by atoms with E-state index in [1.807, 2.05) is 6.07 Å². The molecule has 2 aromatic rings. The summed E-state index contributed by atoms with van der Waals surface area (Å²) in [5.41, 5.74) is 10.0. The van der Waals surface area contributed by atoms with Crippen molar-refractivity contribution in [2.24, 2.45) is 11.0 Å². The van der Waals surface area contributed by atoms with Gasteiger partial charge in [-0.25, -0.2) is 9.78 Å². The van der Waals surface area contributed by atoms with E-state index in [9.17, 15) is 9.59 Å². The van der Waals surface area contributed by atoms with E-state index in [1.54, 1.807) is 24.4 Å². The van der Waals surface area contributed by atoms with Gasteiger partial charge in [0, 0.05) is 22.6 Å². The fraction of sp³-hybridized carbons (Fsp3) is 0.235. The number of urea groups is 1. The second-order valence-electron chi connectivity index (χ2n) is 6.41. The van der Waals surface area contributed by atoms with Gasteiger partial charge in [-0.3, -0.25) is 10.1 Å². The number of nitrogens with one attached hydrogen (secondary N) is 2. The summed E-state index contributed by atoms with van der Waals surface area (Å²) in [5, 5.41) is 8.48. The van der Waals surface area contributed by atoms with Crippen LogP contribution in [0.4, 0.5) is 10.6 Å². The SMILES string of the molecule is [N-]=[N+]=NC(=O)[C@@H]1[C@H]2Oc3ccc(Oc4ccnc5c4CNC(=O)N5)cc3[C@H]21. The van der Waals surface area contributed by atoms with Crippen LogP contribution in [0.1, 0.15) is 17.0 Å². The molecule has 1 aromatic heterocycles. The van der Waals surface area contributed by atoms with Crippen molar-refractivity contribution < 1.29 is 19.1 Å². The predicted molar refractivity (Wildman–Crippen MR) is 91.4 cm³/mol. The number of nitrogens with zero attached hydrogens (tertiary/aromatic N) is 4. The van der Waals surface area contributed by atoms with Gasteiger partial charge in [-0.1, -0.05) is 0 Å². The van der Waals surface area contributed by atoms with E-state index in [4.69, 9.17) is 15.0 Å². The number of carbonyl (C=O) groups is 2. The number of fused-ring (bicyclic) bond motifs is 4. The van der Waals surface area contributed by atoms with Gasteiger partial charge in [0.2, 0.25) is 5.91 Å². The third-order valence-corrected chi connectivity index (χ3v) is 4.88. The van der Waals surface area contributed by atoms with Gasteiger partial charge in [-0.2, -0.15) is 0 Å². The summed E-state index contributed by atoms with van der Waals surface area (Å²) in [5.74, 6) is 1.25. The second kappa shape index (κ2) is 5.61. The van der Waals surface area contributed by atoms with E-state index in [2.05, 4.69) is 25.6 Å². The summed E-state index contributed by atoms with van der Waals surface area (Å²) in [7, 11) is 0. The van der Waals surface area contributed by atoms with E-state index in [-0.39, 0.29) is 18.1 Å². The summed E-state index contributed by atoms with van der Waals surface area (Å²) in [6.07, 6.45) is 1.28. The number of aromatic nitrogens is 1. The second-order valence-corrected chi connectivity index (χ2v) is 6.41. The number of benzene rings is 1. The first kappa shape index (κ1) is 15.5. The zero-order valence-corrected chi connectivity index (χ0v) is 13.7. The van der Waals surface area contributed by atoms with Gasteiger partial charge in [0.1, 0.15) is 29.2 Å². The van der Waals surface area contributed by atoms with Crippen LogP contribution in [0.5, 0.6) is 17.2 Å². The van der Waals surface area contributed by atoms with Gasteiger partial charge in [-0.15, -0.1) is 0 Å². The number of rotatable bonds is 3. The van der Waals surface area contributed by atoms with Crippen molar-refractivity contribution in [2.45, 2.75) is 18.6 Å². The first-order valence-electron chi connectivity index (χ1n) is 8.26. The molecule has 27 heavy (non-hydrogen) atoms. The number of azide groups is 1. The molecule has 10 nitrogen and oxygen atoms in total. The Morgan fingerprint density at radius 2 is 2.30 bits per heavy atom. The van der Waals surface area contributed by atoms with Crippen LogP contribution in [0.3, 0.4) is 0 Å². The molecular formula is C17H12N6O4. The molecule has 2 aliphatic heterocycles. The molecule has 0 unspecified atom stereocenters. The Bertz CT molecular complexity index is 1050. The minimum atomic E-state index is -0.505. The Hall–Kier alpha value is -3.78. The van der Waals surface area contributed by atoms with Crippen molar-refractivity contribution in [3.05, 3.63) is 52.0 Å². The van der Waals surface area contributed by atoms with Crippen LogP contribution in [0.25, 0.3) is 10.4 Å². The number of hydrogen-bond acceptors (Lipinski definition) is 5. The van der Waals surface area contributed by atoms with Crippen molar-refractivity contribution in [2.75, 3.05) is 5.32 Å². The van der Waals surface area contributed by atoms with Crippen LogP contribution >= 0.6 is 0 Å². The third kappa shape index (κ3) is 2.42. The molecule has 0 radical (unpaired) electrons. The van der Waals surface area contributed by atoms with Crippen molar-refractivity contribution in [3.63, 3.8) is 0 Å². The minimum absolute atomic E-state index is 0.117. The predicted octanol–water partition coefficient (Wildman–Crippen LogP) is 2.82. The highest BCUT2D eigenvalue weighted by molar-refractivity contribution is 5.91. The van der Waals surface area contributed by atoms with Gasteiger partial charge in [0.15, 0.2) is 0 Å². The molecule has 3 aliphatic rings. The Morgan fingerprint density at radius 3 is 3.15 bits per heavy atom. The van der Waals surface area contributed by atoms with Gasteiger partial charge in [0.25, 0.3) is 0 Å². The molecule has 2 N–H and O–H groups in total. The molecule has 134 valence electrons. The van der Waals surface area contributed by atoms with Crippen LogP contribution in [-0.4, -0.2) is 23.0 Å². The number of ether oxygens (including phenoxy) is 2. The first-order valence-corrected chi connectivity index (χ1v) is 8.26. The van der Waals surface area contributed by atoms with Crippen LogP contribution in [0.15, 0.2) is 35.6 Å². The van der Waals surface area contributed by atoms with Crippen LogP contribution in [-0.2, 0) is 11.3 Å². The molecule has 0 saturated heterocycles. The summed E-state index contributed by atoms with van der Waals surface area (Å²) in [6.45, 7) is 0.311. The lowest BCUT2D eigenvalue weighted by Crippen LogP contribution is -2.34. The lowest BCUT2D eigenvalue weighted by atomic mass is 10.1. The van der Waals surface area contributed by atoms with Gasteiger partial charge in [0.05, 0.1) is 18.0 Å². The Balaban J connectivity index is 1.42. The number of pyridine rings is 1. The molecule has 1 aromatic carbocycles. The molecule has 1 aliphatic carbocycles. The average Bonchev–Trinajstić information content (AvgIpc) is 3.25. The van der Waals surface area contributed by atoms with Crippen LogP contribution < -0.4 is 20.1 Å². The maximum absolute atomic E-state index is 11.8. The maximum Gasteiger partial charge on any atom is 0.320 e. The van der Waals surface area contributed by atoms with Crippen LogP contribution in [0.2, 0.25) is 0 Å². The Labute approximate surface area is 152 Å². The molecule has 10 heteroatoms. The quantitative estimate of drug-likeness (QED) is 0.490. The largest absolute Gasteiger partial charge is 0.489 e.